The maximum absolute atomic E-state index is 12.5. The lowest BCUT2D eigenvalue weighted by Gasteiger charge is -2.09. The third-order valence-electron chi connectivity index (χ3n) is 4.44. The first-order valence-electron chi connectivity index (χ1n) is 7.96. The molecule has 0 radical (unpaired) electrons. The SMILES string of the molecule is Cn1cc(C#N)c(=O)n(Cc2nnc3n(C)c(=O)c4ccccc4n23)c1=O. The average Bonchev–Trinajstić information content (AvgIpc) is 3.10. The number of hydrogen-bond donors (Lipinski definition) is 0. The molecule has 3 aromatic heterocycles. The van der Waals surface area contributed by atoms with Crippen LogP contribution >= 0.6 is 0 Å². The second kappa shape index (κ2) is 5.77. The fourth-order valence-corrected chi connectivity index (χ4v) is 3.08. The van der Waals surface area contributed by atoms with Crippen LogP contribution in [-0.2, 0) is 20.6 Å². The molecule has 0 spiro atoms. The van der Waals surface area contributed by atoms with Crippen molar-refractivity contribution in [1.29, 1.82) is 5.26 Å². The lowest BCUT2D eigenvalue weighted by atomic mass is 10.2. The molecule has 0 N–H and O–H groups in total. The number of hydrogen-bond acceptors (Lipinski definition) is 6. The van der Waals surface area contributed by atoms with Gasteiger partial charge in [-0.25, -0.2) is 4.79 Å². The second-order valence-electron chi connectivity index (χ2n) is 6.07. The van der Waals surface area contributed by atoms with E-state index in [1.807, 2.05) is 0 Å². The van der Waals surface area contributed by atoms with Crippen molar-refractivity contribution in [3.05, 3.63) is 73.0 Å². The molecule has 0 fully saturated rings. The van der Waals surface area contributed by atoms with Gasteiger partial charge in [0.05, 0.1) is 17.4 Å². The molecule has 0 aliphatic rings. The van der Waals surface area contributed by atoms with E-state index >= 15 is 0 Å². The highest BCUT2D eigenvalue weighted by atomic mass is 16.2. The number of benzene rings is 1. The summed E-state index contributed by atoms with van der Waals surface area (Å²) in [5.41, 5.74) is -1.09. The molecule has 1 aromatic carbocycles. The highest BCUT2D eigenvalue weighted by molar-refractivity contribution is 5.80. The maximum Gasteiger partial charge on any atom is 0.331 e. The monoisotopic (exact) mass is 363 g/mol. The Balaban J connectivity index is 2.05. The Morgan fingerprint density at radius 2 is 1.81 bits per heavy atom. The fourth-order valence-electron chi connectivity index (χ4n) is 3.08. The summed E-state index contributed by atoms with van der Waals surface area (Å²) >= 11 is 0. The molecule has 4 aromatic rings. The largest absolute Gasteiger partial charge is 0.331 e. The van der Waals surface area contributed by atoms with Crippen molar-refractivity contribution in [2.45, 2.75) is 6.54 Å². The minimum absolute atomic E-state index is 0.150. The van der Waals surface area contributed by atoms with Gasteiger partial charge in [0.25, 0.3) is 11.1 Å². The molecule has 134 valence electrons. The molecule has 0 aliphatic heterocycles. The summed E-state index contributed by atoms with van der Waals surface area (Å²) in [6.07, 6.45) is 1.20. The van der Waals surface area contributed by atoms with E-state index < -0.39 is 11.2 Å². The Bertz CT molecular complexity index is 1450. The Morgan fingerprint density at radius 1 is 1.07 bits per heavy atom. The van der Waals surface area contributed by atoms with Crippen LogP contribution in [0.4, 0.5) is 0 Å². The molecule has 3 heterocycles. The summed E-state index contributed by atoms with van der Waals surface area (Å²) in [5, 5.41) is 17.7. The van der Waals surface area contributed by atoms with Gasteiger partial charge in [-0.3, -0.25) is 23.1 Å². The minimum Gasteiger partial charge on any atom is -0.302 e. The Hall–Kier alpha value is -4.00. The number of nitriles is 1. The topological polar surface area (TPSA) is 120 Å². The third-order valence-corrected chi connectivity index (χ3v) is 4.44. The normalized spacial score (nSPS) is 11.1. The van der Waals surface area contributed by atoms with Crippen molar-refractivity contribution in [1.82, 2.24) is 28.3 Å². The van der Waals surface area contributed by atoms with E-state index in [0.717, 1.165) is 9.13 Å². The van der Waals surface area contributed by atoms with E-state index in [2.05, 4.69) is 10.2 Å². The molecule has 0 atom stereocenters. The predicted octanol–water partition coefficient (Wildman–Crippen LogP) is -0.638. The second-order valence-corrected chi connectivity index (χ2v) is 6.07. The molecule has 0 saturated heterocycles. The highest BCUT2D eigenvalue weighted by Gasteiger charge is 2.17. The van der Waals surface area contributed by atoms with Crippen molar-refractivity contribution >= 4 is 16.7 Å². The summed E-state index contributed by atoms with van der Waals surface area (Å²) in [7, 11) is 3.03. The molecule has 0 unspecified atom stereocenters. The molecule has 0 amide bonds. The first-order valence-corrected chi connectivity index (χ1v) is 7.96. The zero-order valence-electron chi connectivity index (χ0n) is 14.4. The van der Waals surface area contributed by atoms with E-state index in [-0.39, 0.29) is 23.4 Å². The lowest BCUT2D eigenvalue weighted by molar-refractivity contribution is 0.615. The summed E-state index contributed by atoms with van der Waals surface area (Å²) in [4.78, 5) is 37.3. The van der Waals surface area contributed by atoms with Gasteiger partial charge >= 0.3 is 5.69 Å². The molecular formula is C17H13N7O3. The maximum atomic E-state index is 12.5. The molecule has 0 bridgehead atoms. The van der Waals surface area contributed by atoms with E-state index in [1.165, 1.54) is 17.8 Å². The van der Waals surface area contributed by atoms with Gasteiger partial charge in [-0.15, -0.1) is 10.2 Å². The first-order chi connectivity index (χ1) is 12.9. The van der Waals surface area contributed by atoms with Crippen LogP contribution in [0.2, 0.25) is 0 Å². The van der Waals surface area contributed by atoms with Crippen molar-refractivity contribution in [2.75, 3.05) is 0 Å². The summed E-state index contributed by atoms with van der Waals surface area (Å²) < 4.78 is 5.07. The van der Waals surface area contributed by atoms with Crippen LogP contribution in [0.25, 0.3) is 16.7 Å². The Kier molecular flexibility index (Phi) is 3.52. The zero-order valence-corrected chi connectivity index (χ0v) is 14.4. The van der Waals surface area contributed by atoms with Crippen LogP contribution in [-0.4, -0.2) is 28.3 Å². The van der Waals surface area contributed by atoms with E-state index in [1.54, 1.807) is 41.8 Å². The van der Waals surface area contributed by atoms with Crippen molar-refractivity contribution in [3.63, 3.8) is 0 Å². The van der Waals surface area contributed by atoms with Crippen molar-refractivity contribution < 1.29 is 0 Å². The van der Waals surface area contributed by atoms with Gasteiger partial charge in [0.1, 0.15) is 11.6 Å². The van der Waals surface area contributed by atoms with Gasteiger partial charge in [0, 0.05) is 20.3 Å². The van der Waals surface area contributed by atoms with E-state index in [9.17, 15) is 14.4 Å². The highest BCUT2D eigenvalue weighted by Crippen LogP contribution is 2.14. The van der Waals surface area contributed by atoms with Crippen LogP contribution in [0.15, 0.2) is 44.8 Å². The molecule has 0 aliphatic carbocycles. The van der Waals surface area contributed by atoms with Crippen LogP contribution in [0.5, 0.6) is 0 Å². The molecule has 4 rings (SSSR count). The van der Waals surface area contributed by atoms with Crippen LogP contribution in [0.3, 0.4) is 0 Å². The number of rotatable bonds is 2. The molecule has 27 heavy (non-hydrogen) atoms. The average molecular weight is 363 g/mol. The van der Waals surface area contributed by atoms with Gasteiger partial charge in [-0.05, 0) is 12.1 Å². The first kappa shape index (κ1) is 16.5. The Morgan fingerprint density at radius 3 is 2.56 bits per heavy atom. The minimum atomic E-state index is -0.702. The standard InChI is InChI=1S/C17H13N7O3/c1-21-8-10(7-18)14(25)23(17(21)27)9-13-19-20-16-22(2)15(26)11-5-3-4-6-12(11)24(13)16/h3-6,8H,9H2,1-2H3. The molecule has 10 nitrogen and oxygen atoms in total. The smallest absolute Gasteiger partial charge is 0.302 e. The number of nitrogens with zero attached hydrogens (tertiary/aromatic N) is 7. The summed E-state index contributed by atoms with van der Waals surface area (Å²) in [5.74, 6) is 0.584. The van der Waals surface area contributed by atoms with Gasteiger partial charge in [0.2, 0.25) is 5.78 Å². The molecular weight excluding hydrogens is 350 g/mol. The van der Waals surface area contributed by atoms with Gasteiger partial charge in [-0.2, -0.15) is 5.26 Å². The van der Waals surface area contributed by atoms with Gasteiger partial charge < -0.3 is 4.57 Å². The third kappa shape index (κ3) is 2.29. The van der Waals surface area contributed by atoms with Crippen LogP contribution < -0.4 is 16.8 Å². The van der Waals surface area contributed by atoms with Crippen LogP contribution in [0.1, 0.15) is 11.4 Å². The van der Waals surface area contributed by atoms with Crippen molar-refractivity contribution in [3.8, 4) is 6.07 Å². The fraction of sp³-hybridized carbons (Fsp3) is 0.176. The number of fused-ring (bicyclic) bond motifs is 3. The van der Waals surface area contributed by atoms with Gasteiger partial charge in [0.15, 0.2) is 5.82 Å². The van der Waals surface area contributed by atoms with Crippen LogP contribution in [0, 0.1) is 11.3 Å². The molecule has 0 saturated carbocycles. The lowest BCUT2D eigenvalue weighted by Crippen LogP contribution is -2.40. The number of aryl methyl sites for hydroxylation is 2. The van der Waals surface area contributed by atoms with E-state index in [0.29, 0.717) is 16.7 Å². The quantitative estimate of drug-likeness (QED) is 0.467. The Labute approximate surface area is 150 Å². The number of para-hydroxylation sites is 1. The number of aromatic nitrogens is 6. The van der Waals surface area contributed by atoms with Gasteiger partial charge in [-0.1, -0.05) is 12.1 Å². The predicted molar refractivity (Wildman–Crippen MR) is 95.5 cm³/mol. The summed E-state index contributed by atoms with van der Waals surface area (Å²) in [6.45, 7) is -0.190. The van der Waals surface area contributed by atoms with Crippen molar-refractivity contribution in [2.24, 2.45) is 14.1 Å². The zero-order chi connectivity index (χ0) is 19.3. The summed E-state index contributed by atoms with van der Waals surface area (Å²) in [6, 6.07) is 8.72. The van der Waals surface area contributed by atoms with E-state index in [4.69, 9.17) is 5.26 Å². The molecule has 10 heteroatoms.